The second-order valence-corrected chi connectivity index (χ2v) is 6.43. The van der Waals surface area contributed by atoms with E-state index < -0.39 is 0 Å². The third-order valence-corrected chi connectivity index (χ3v) is 4.59. The summed E-state index contributed by atoms with van der Waals surface area (Å²) in [6.45, 7) is 2.60. The minimum absolute atomic E-state index is 0.570. The summed E-state index contributed by atoms with van der Waals surface area (Å²) in [4.78, 5) is 0. The van der Waals surface area contributed by atoms with Crippen molar-refractivity contribution >= 4 is 11.8 Å². The van der Waals surface area contributed by atoms with E-state index in [1.165, 1.54) is 16.4 Å². The van der Waals surface area contributed by atoms with Crippen LogP contribution in [0.2, 0.25) is 0 Å². The molecule has 7 heteroatoms. The molecule has 0 spiro atoms. The molecule has 0 aliphatic heterocycles. The van der Waals surface area contributed by atoms with Crippen LogP contribution < -0.4 is 15.3 Å². The Labute approximate surface area is 150 Å². The second-order valence-electron chi connectivity index (χ2n) is 5.37. The van der Waals surface area contributed by atoms with Crippen LogP contribution in [0.15, 0.2) is 53.7 Å². The second kappa shape index (κ2) is 7.94. The summed E-state index contributed by atoms with van der Waals surface area (Å²) in [7, 11) is 1.63. The molecule has 0 atom stereocenters. The highest BCUT2D eigenvalue weighted by Crippen LogP contribution is 2.24. The fourth-order valence-corrected chi connectivity index (χ4v) is 2.99. The first kappa shape index (κ1) is 17.2. The number of aryl methyl sites for hydroxylation is 1. The third-order valence-electron chi connectivity index (χ3n) is 3.68. The van der Waals surface area contributed by atoms with Crippen LogP contribution in [-0.2, 0) is 0 Å². The first-order chi connectivity index (χ1) is 12.2. The molecule has 3 rings (SSSR count). The van der Waals surface area contributed by atoms with E-state index in [1.807, 2.05) is 55.5 Å². The molecule has 3 aromatic rings. The summed E-state index contributed by atoms with van der Waals surface area (Å²) in [6, 6.07) is 15.5. The van der Waals surface area contributed by atoms with Crippen molar-refractivity contribution in [3.05, 3.63) is 54.1 Å². The number of thioether (sulfide) groups is 1. The number of nitrogens with two attached hydrogens (primary N) is 1. The third kappa shape index (κ3) is 4.06. The highest BCUT2D eigenvalue weighted by Gasteiger charge is 2.12. The molecule has 2 aromatic carbocycles. The van der Waals surface area contributed by atoms with Gasteiger partial charge >= 0.3 is 0 Å². The van der Waals surface area contributed by atoms with Crippen LogP contribution in [-0.4, -0.2) is 34.3 Å². The summed E-state index contributed by atoms with van der Waals surface area (Å²) < 4.78 is 12.4. The lowest BCUT2D eigenvalue weighted by Gasteiger charge is -2.08. The first-order valence-corrected chi connectivity index (χ1v) is 8.83. The van der Waals surface area contributed by atoms with Crippen LogP contribution in [0.25, 0.3) is 11.4 Å². The number of hydrogen-bond acceptors (Lipinski definition) is 6. The number of hydrogen-bond donors (Lipinski definition) is 1. The first-order valence-electron chi connectivity index (χ1n) is 7.85. The van der Waals surface area contributed by atoms with Crippen LogP contribution in [0.1, 0.15) is 5.56 Å². The average molecular weight is 356 g/mol. The van der Waals surface area contributed by atoms with Crippen molar-refractivity contribution in [2.75, 3.05) is 25.3 Å². The normalized spacial score (nSPS) is 10.6. The molecule has 6 nitrogen and oxygen atoms in total. The van der Waals surface area contributed by atoms with E-state index in [-0.39, 0.29) is 0 Å². The molecule has 0 aliphatic carbocycles. The van der Waals surface area contributed by atoms with Crippen molar-refractivity contribution in [2.24, 2.45) is 0 Å². The fraction of sp³-hybridized carbons (Fsp3) is 0.222. The average Bonchev–Trinajstić information content (AvgIpc) is 3.01. The molecule has 0 aliphatic rings. The number of methoxy groups -OCH3 is 1. The number of benzene rings is 2. The van der Waals surface area contributed by atoms with Gasteiger partial charge in [0.05, 0.1) is 13.7 Å². The van der Waals surface area contributed by atoms with Crippen LogP contribution >= 0.6 is 11.8 Å². The van der Waals surface area contributed by atoms with Gasteiger partial charge in [-0.05, 0) is 42.8 Å². The molecule has 0 fully saturated rings. The number of para-hydroxylation sites is 1. The van der Waals surface area contributed by atoms with E-state index in [4.69, 9.17) is 15.3 Å². The quantitative estimate of drug-likeness (QED) is 0.398. The van der Waals surface area contributed by atoms with E-state index in [0.717, 1.165) is 28.4 Å². The van der Waals surface area contributed by atoms with Crippen LogP contribution in [0.3, 0.4) is 0 Å². The van der Waals surface area contributed by atoms with Crippen molar-refractivity contribution in [2.45, 2.75) is 12.1 Å². The molecule has 0 amide bonds. The Morgan fingerprint density at radius 2 is 1.84 bits per heavy atom. The van der Waals surface area contributed by atoms with E-state index in [1.54, 1.807) is 7.11 Å². The van der Waals surface area contributed by atoms with Gasteiger partial charge < -0.3 is 15.3 Å². The van der Waals surface area contributed by atoms with Crippen molar-refractivity contribution < 1.29 is 9.47 Å². The van der Waals surface area contributed by atoms with Gasteiger partial charge in [-0.2, -0.15) is 0 Å². The maximum absolute atomic E-state index is 6.12. The predicted molar refractivity (Wildman–Crippen MR) is 99.6 cm³/mol. The van der Waals surface area contributed by atoms with Crippen molar-refractivity contribution in [1.29, 1.82) is 0 Å². The van der Waals surface area contributed by atoms with Crippen molar-refractivity contribution in [3.63, 3.8) is 0 Å². The maximum Gasteiger partial charge on any atom is 0.210 e. The van der Waals surface area contributed by atoms with E-state index in [9.17, 15) is 0 Å². The highest BCUT2D eigenvalue weighted by atomic mass is 32.2. The molecular weight excluding hydrogens is 336 g/mol. The highest BCUT2D eigenvalue weighted by molar-refractivity contribution is 7.99. The number of rotatable bonds is 7. The Morgan fingerprint density at radius 1 is 1.08 bits per heavy atom. The lowest BCUT2D eigenvalue weighted by atomic mass is 10.2. The molecule has 0 bridgehead atoms. The van der Waals surface area contributed by atoms with E-state index >= 15 is 0 Å². The summed E-state index contributed by atoms with van der Waals surface area (Å²) in [6.07, 6.45) is 0. The predicted octanol–water partition coefficient (Wildman–Crippen LogP) is 3.15. The van der Waals surface area contributed by atoms with Crippen LogP contribution in [0.4, 0.5) is 0 Å². The van der Waals surface area contributed by atoms with Gasteiger partial charge in [0.2, 0.25) is 5.16 Å². The molecule has 0 saturated carbocycles. The van der Waals surface area contributed by atoms with Crippen LogP contribution in [0, 0.1) is 6.92 Å². The van der Waals surface area contributed by atoms with Gasteiger partial charge in [-0.3, -0.25) is 0 Å². The zero-order chi connectivity index (χ0) is 17.6. The summed E-state index contributed by atoms with van der Waals surface area (Å²) in [5.74, 6) is 9.15. The largest absolute Gasteiger partial charge is 0.497 e. The summed E-state index contributed by atoms with van der Waals surface area (Å²) >= 11 is 1.51. The Balaban J connectivity index is 1.58. The summed E-state index contributed by atoms with van der Waals surface area (Å²) in [5, 5.41) is 8.99. The minimum atomic E-state index is 0.570. The Hall–Kier alpha value is -2.67. The molecule has 1 heterocycles. The molecule has 0 saturated heterocycles. The Kier molecular flexibility index (Phi) is 5.45. The van der Waals surface area contributed by atoms with Crippen LogP contribution in [0.5, 0.6) is 11.5 Å². The van der Waals surface area contributed by atoms with Gasteiger partial charge in [-0.1, -0.05) is 30.0 Å². The number of ether oxygens (including phenoxy) is 2. The molecule has 0 radical (unpaired) electrons. The van der Waals surface area contributed by atoms with Crippen molar-refractivity contribution in [3.8, 4) is 22.9 Å². The smallest absolute Gasteiger partial charge is 0.210 e. The standard InChI is InChI=1S/C18H20N4O2S/c1-13-5-3-4-6-16(13)24-11-12-25-18-21-20-17(22(18)19)14-7-9-15(23-2)10-8-14/h3-10H,11-12,19H2,1-2H3. The van der Waals surface area contributed by atoms with Crippen molar-refractivity contribution in [1.82, 2.24) is 14.9 Å². The lowest BCUT2D eigenvalue weighted by molar-refractivity contribution is 0.341. The number of aromatic nitrogens is 3. The number of nitrogens with zero attached hydrogens (tertiary/aromatic N) is 3. The summed E-state index contributed by atoms with van der Waals surface area (Å²) in [5.41, 5.74) is 2.01. The van der Waals surface area contributed by atoms with Gasteiger partial charge in [0.1, 0.15) is 11.5 Å². The Bertz CT molecular complexity index is 833. The maximum atomic E-state index is 6.12. The molecule has 130 valence electrons. The van der Waals surface area contributed by atoms with Gasteiger partial charge in [0.25, 0.3) is 0 Å². The zero-order valence-electron chi connectivity index (χ0n) is 14.2. The monoisotopic (exact) mass is 356 g/mol. The Morgan fingerprint density at radius 3 is 2.56 bits per heavy atom. The zero-order valence-corrected chi connectivity index (χ0v) is 15.0. The SMILES string of the molecule is COc1ccc(-c2nnc(SCCOc3ccccc3C)n2N)cc1. The van der Waals surface area contributed by atoms with E-state index in [0.29, 0.717) is 17.6 Å². The topological polar surface area (TPSA) is 75.2 Å². The number of nitrogen functional groups attached to an aromatic ring is 1. The van der Waals surface area contributed by atoms with Gasteiger partial charge in [-0.25, -0.2) is 4.68 Å². The van der Waals surface area contributed by atoms with E-state index in [2.05, 4.69) is 10.2 Å². The molecule has 25 heavy (non-hydrogen) atoms. The minimum Gasteiger partial charge on any atom is -0.497 e. The lowest BCUT2D eigenvalue weighted by Crippen LogP contribution is -2.12. The van der Waals surface area contributed by atoms with Gasteiger partial charge in [-0.15, -0.1) is 10.2 Å². The van der Waals surface area contributed by atoms with Gasteiger partial charge in [0.15, 0.2) is 5.82 Å². The molecule has 1 aromatic heterocycles. The fourth-order valence-electron chi connectivity index (χ4n) is 2.32. The molecular formula is C18H20N4O2S. The molecule has 2 N–H and O–H groups in total. The van der Waals surface area contributed by atoms with Gasteiger partial charge in [0, 0.05) is 11.3 Å². The molecule has 0 unspecified atom stereocenters.